The summed E-state index contributed by atoms with van der Waals surface area (Å²) in [6.45, 7) is 3.95. The molecule has 0 saturated heterocycles. The van der Waals surface area contributed by atoms with E-state index in [0.29, 0.717) is 0 Å². The minimum atomic E-state index is 0.764. The highest BCUT2D eigenvalue weighted by atomic mass is 35.5. The lowest BCUT2D eigenvalue weighted by atomic mass is 10.3. The van der Waals surface area contributed by atoms with Crippen molar-refractivity contribution in [3.8, 4) is 5.69 Å². The Morgan fingerprint density at radius 3 is 2.88 bits per heavy atom. The van der Waals surface area contributed by atoms with Gasteiger partial charge < -0.3 is 9.88 Å². The predicted octanol–water partition coefficient (Wildman–Crippen LogP) is 3.24. The highest BCUT2D eigenvalue weighted by Gasteiger charge is 2.02. The second kappa shape index (κ2) is 5.19. The van der Waals surface area contributed by atoms with Crippen molar-refractivity contribution < 1.29 is 0 Å². The van der Waals surface area contributed by atoms with E-state index in [0.717, 1.165) is 23.8 Å². The van der Waals surface area contributed by atoms with Crippen LogP contribution in [0.1, 0.15) is 12.6 Å². The zero-order chi connectivity index (χ0) is 11.4. The van der Waals surface area contributed by atoms with E-state index in [2.05, 4.69) is 35.1 Å². The summed E-state index contributed by atoms with van der Waals surface area (Å²) in [7, 11) is 0. The number of aromatic nitrogens is 1. The van der Waals surface area contributed by atoms with Crippen molar-refractivity contribution in [3.63, 3.8) is 0 Å². The first-order valence-corrected chi connectivity index (χ1v) is 5.82. The molecule has 1 aromatic carbocycles. The molecule has 2 nitrogen and oxygen atoms in total. The zero-order valence-corrected chi connectivity index (χ0v) is 10.0. The van der Waals surface area contributed by atoms with Gasteiger partial charge in [-0.1, -0.05) is 24.6 Å². The van der Waals surface area contributed by atoms with Crippen LogP contribution in [0.2, 0.25) is 5.02 Å². The van der Waals surface area contributed by atoms with E-state index in [1.165, 1.54) is 5.69 Å². The largest absolute Gasteiger partial charge is 0.320 e. The first kappa shape index (κ1) is 11.2. The third-order valence-electron chi connectivity index (χ3n) is 2.48. The lowest BCUT2D eigenvalue weighted by Crippen LogP contribution is -2.14. The number of nitrogens with one attached hydrogen (secondary N) is 1. The summed E-state index contributed by atoms with van der Waals surface area (Å²) in [5.41, 5.74) is 2.34. The Bertz CT molecular complexity index is 462. The van der Waals surface area contributed by atoms with E-state index >= 15 is 0 Å². The number of benzene rings is 1. The molecule has 0 aliphatic rings. The fourth-order valence-electron chi connectivity index (χ4n) is 1.69. The molecule has 0 fully saturated rings. The van der Waals surface area contributed by atoms with Crippen molar-refractivity contribution in [2.24, 2.45) is 0 Å². The molecule has 0 amide bonds. The van der Waals surface area contributed by atoms with Crippen LogP contribution in [0.15, 0.2) is 42.6 Å². The molecule has 2 rings (SSSR count). The maximum Gasteiger partial charge on any atom is 0.0467 e. The maximum atomic E-state index is 5.99. The SMILES string of the molecule is CCNCc1cccn1-c1cccc(Cl)c1. The minimum absolute atomic E-state index is 0.764. The number of hydrogen-bond donors (Lipinski definition) is 1. The Kier molecular flexibility index (Phi) is 3.65. The molecule has 1 heterocycles. The average Bonchev–Trinajstić information content (AvgIpc) is 2.74. The van der Waals surface area contributed by atoms with E-state index in [4.69, 9.17) is 11.6 Å². The highest BCUT2D eigenvalue weighted by Crippen LogP contribution is 2.17. The molecule has 0 aliphatic carbocycles. The monoisotopic (exact) mass is 234 g/mol. The van der Waals surface area contributed by atoms with Gasteiger partial charge in [-0.3, -0.25) is 0 Å². The Morgan fingerprint density at radius 2 is 2.12 bits per heavy atom. The average molecular weight is 235 g/mol. The quantitative estimate of drug-likeness (QED) is 0.860. The fourth-order valence-corrected chi connectivity index (χ4v) is 1.88. The summed E-state index contributed by atoms with van der Waals surface area (Å²) in [6, 6.07) is 12.0. The van der Waals surface area contributed by atoms with E-state index in [1.807, 2.05) is 24.3 Å². The predicted molar refractivity (Wildman–Crippen MR) is 68.2 cm³/mol. The van der Waals surface area contributed by atoms with Crippen molar-refractivity contribution in [1.29, 1.82) is 0 Å². The first-order chi connectivity index (χ1) is 7.81. The third-order valence-corrected chi connectivity index (χ3v) is 2.71. The van der Waals surface area contributed by atoms with Gasteiger partial charge in [-0.05, 0) is 36.9 Å². The summed E-state index contributed by atoms with van der Waals surface area (Å²) in [5.74, 6) is 0. The minimum Gasteiger partial charge on any atom is -0.320 e. The highest BCUT2D eigenvalue weighted by molar-refractivity contribution is 6.30. The molecule has 0 unspecified atom stereocenters. The molecule has 16 heavy (non-hydrogen) atoms. The molecule has 1 aromatic heterocycles. The van der Waals surface area contributed by atoms with E-state index in [1.54, 1.807) is 0 Å². The zero-order valence-electron chi connectivity index (χ0n) is 9.28. The second-order valence-electron chi connectivity index (χ2n) is 3.63. The Hall–Kier alpha value is -1.25. The van der Waals surface area contributed by atoms with Crippen molar-refractivity contribution in [1.82, 2.24) is 9.88 Å². The second-order valence-corrected chi connectivity index (χ2v) is 4.07. The molecule has 1 N–H and O–H groups in total. The Labute approximate surface area is 101 Å². The lowest BCUT2D eigenvalue weighted by Gasteiger charge is -2.09. The Morgan fingerprint density at radius 1 is 1.25 bits per heavy atom. The van der Waals surface area contributed by atoms with Crippen LogP contribution in [-0.4, -0.2) is 11.1 Å². The molecule has 84 valence electrons. The number of rotatable bonds is 4. The van der Waals surface area contributed by atoms with Gasteiger partial charge in [-0.15, -0.1) is 0 Å². The summed E-state index contributed by atoms with van der Waals surface area (Å²) < 4.78 is 2.15. The molecule has 0 spiro atoms. The molecule has 0 radical (unpaired) electrons. The van der Waals surface area contributed by atoms with Crippen LogP contribution in [-0.2, 0) is 6.54 Å². The van der Waals surface area contributed by atoms with Gasteiger partial charge in [0.05, 0.1) is 0 Å². The van der Waals surface area contributed by atoms with E-state index in [9.17, 15) is 0 Å². The molecular weight excluding hydrogens is 220 g/mol. The van der Waals surface area contributed by atoms with Gasteiger partial charge in [-0.2, -0.15) is 0 Å². The third kappa shape index (κ3) is 2.46. The topological polar surface area (TPSA) is 17.0 Å². The van der Waals surface area contributed by atoms with Gasteiger partial charge in [0.15, 0.2) is 0 Å². The summed E-state index contributed by atoms with van der Waals surface area (Å²) in [6.07, 6.45) is 2.05. The summed E-state index contributed by atoms with van der Waals surface area (Å²) >= 11 is 5.99. The van der Waals surface area contributed by atoms with Gasteiger partial charge in [0, 0.05) is 29.1 Å². The number of hydrogen-bond acceptors (Lipinski definition) is 1. The Balaban J connectivity index is 2.29. The lowest BCUT2D eigenvalue weighted by molar-refractivity contribution is 0.698. The van der Waals surface area contributed by atoms with E-state index in [-0.39, 0.29) is 0 Å². The van der Waals surface area contributed by atoms with Crippen LogP contribution in [0.25, 0.3) is 5.69 Å². The van der Waals surface area contributed by atoms with Crippen LogP contribution in [0, 0.1) is 0 Å². The molecule has 0 atom stereocenters. The van der Waals surface area contributed by atoms with Gasteiger partial charge in [0.1, 0.15) is 0 Å². The molecule has 0 saturated carbocycles. The van der Waals surface area contributed by atoms with Gasteiger partial charge in [0.25, 0.3) is 0 Å². The van der Waals surface area contributed by atoms with Crippen LogP contribution in [0.3, 0.4) is 0 Å². The molecule has 0 aliphatic heterocycles. The molecule has 0 bridgehead atoms. The van der Waals surface area contributed by atoms with Gasteiger partial charge in [-0.25, -0.2) is 0 Å². The van der Waals surface area contributed by atoms with Crippen molar-refractivity contribution in [3.05, 3.63) is 53.3 Å². The normalized spacial score (nSPS) is 10.6. The van der Waals surface area contributed by atoms with Crippen molar-refractivity contribution >= 4 is 11.6 Å². The molecular formula is C13H15ClN2. The number of nitrogens with zero attached hydrogens (tertiary/aromatic N) is 1. The summed E-state index contributed by atoms with van der Waals surface area (Å²) in [5, 5.41) is 4.09. The van der Waals surface area contributed by atoms with Crippen molar-refractivity contribution in [2.45, 2.75) is 13.5 Å². The standard InChI is InChI=1S/C13H15ClN2/c1-2-15-10-13-7-4-8-16(13)12-6-3-5-11(14)9-12/h3-9,15H,2,10H2,1H3. The maximum absolute atomic E-state index is 5.99. The first-order valence-electron chi connectivity index (χ1n) is 5.44. The number of halogens is 1. The summed E-state index contributed by atoms with van der Waals surface area (Å²) in [4.78, 5) is 0. The molecule has 3 heteroatoms. The van der Waals surface area contributed by atoms with Crippen LogP contribution < -0.4 is 5.32 Å². The van der Waals surface area contributed by atoms with Crippen LogP contribution in [0.4, 0.5) is 0 Å². The fraction of sp³-hybridized carbons (Fsp3) is 0.231. The van der Waals surface area contributed by atoms with Gasteiger partial charge >= 0.3 is 0 Å². The van der Waals surface area contributed by atoms with Crippen molar-refractivity contribution in [2.75, 3.05) is 6.54 Å². The van der Waals surface area contributed by atoms with E-state index < -0.39 is 0 Å². The van der Waals surface area contributed by atoms with Gasteiger partial charge in [0.2, 0.25) is 0 Å². The smallest absolute Gasteiger partial charge is 0.0467 e. The van der Waals surface area contributed by atoms with Crippen LogP contribution >= 0.6 is 11.6 Å². The van der Waals surface area contributed by atoms with Crippen LogP contribution in [0.5, 0.6) is 0 Å². The molecule has 2 aromatic rings.